The first-order chi connectivity index (χ1) is 8.16. The van der Waals surface area contributed by atoms with Gasteiger partial charge >= 0.3 is 0 Å². The molecule has 0 aliphatic heterocycles. The number of rotatable bonds is 4. The Hall–Kier alpha value is 0.620. The van der Waals surface area contributed by atoms with Gasteiger partial charge in [-0.3, -0.25) is 0 Å². The Morgan fingerprint density at radius 2 is 2.06 bits per heavy atom. The van der Waals surface area contributed by atoms with E-state index < -0.39 is 0 Å². The highest BCUT2D eigenvalue weighted by atomic mass is 79.9. The minimum absolute atomic E-state index is 0.648. The zero-order chi connectivity index (χ0) is 12.3. The fraction of sp³-hybridized carbons (Fsp3) is 0.692. The normalized spacial score (nSPS) is 19.5. The van der Waals surface area contributed by atoms with E-state index in [-0.39, 0.29) is 0 Å². The molecule has 0 unspecified atom stereocenters. The van der Waals surface area contributed by atoms with E-state index in [1.807, 2.05) is 11.3 Å². The SMILES string of the molecule is C[C@@H](NCc1cc(Br)c(Br)s1)C1CCCCC1. The Morgan fingerprint density at radius 1 is 1.35 bits per heavy atom. The molecule has 1 aromatic heterocycles. The average molecular weight is 381 g/mol. The van der Waals surface area contributed by atoms with E-state index in [0.29, 0.717) is 6.04 Å². The van der Waals surface area contributed by atoms with Gasteiger partial charge in [0.25, 0.3) is 0 Å². The Morgan fingerprint density at radius 3 is 2.65 bits per heavy atom. The maximum atomic E-state index is 3.68. The molecule has 0 saturated heterocycles. The average Bonchev–Trinajstić information content (AvgIpc) is 2.67. The van der Waals surface area contributed by atoms with E-state index in [1.165, 1.54) is 45.2 Å². The van der Waals surface area contributed by atoms with Crippen molar-refractivity contribution >= 4 is 43.2 Å². The van der Waals surface area contributed by atoms with Gasteiger partial charge in [0.2, 0.25) is 0 Å². The molecule has 0 bridgehead atoms. The molecule has 0 spiro atoms. The summed E-state index contributed by atoms with van der Waals surface area (Å²) in [6, 6.07) is 2.85. The van der Waals surface area contributed by atoms with Gasteiger partial charge in [-0.15, -0.1) is 11.3 Å². The lowest BCUT2D eigenvalue weighted by atomic mass is 9.84. The van der Waals surface area contributed by atoms with Crippen LogP contribution in [0.1, 0.15) is 43.9 Å². The van der Waals surface area contributed by atoms with Crippen molar-refractivity contribution < 1.29 is 0 Å². The van der Waals surface area contributed by atoms with Crippen LogP contribution in [0.25, 0.3) is 0 Å². The molecule has 0 aromatic carbocycles. The zero-order valence-electron chi connectivity index (χ0n) is 10.1. The molecule has 1 heterocycles. The van der Waals surface area contributed by atoms with Crippen molar-refractivity contribution in [1.29, 1.82) is 0 Å². The summed E-state index contributed by atoms with van der Waals surface area (Å²) in [5.74, 6) is 0.885. The molecule has 0 amide bonds. The van der Waals surface area contributed by atoms with Gasteiger partial charge in [-0.1, -0.05) is 19.3 Å². The Kier molecular flexibility index (Phi) is 5.52. The summed E-state index contributed by atoms with van der Waals surface area (Å²) < 4.78 is 2.37. The molecule has 96 valence electrons. The summed E-state index contributed by atoms with van der Waals surface area (Å²) in [6.45, 7) is 3.33. The van der Waals surface area contributed by atoms with Gasteiger partial charge in [-0.2, -0.15) is 0 Å². The third-order valence-corrected chi connectivity index (χ3v) is 6.91. The number of hydrogen-bond acceptors (Lipinski definition) is 2. The Labute approximate surface area is 125 Å². The summed E-state index contributed by atoms with van der Waals surface area (Å²) in [5.41, 5.74) is 0. The molecule has 1 nitrogen and oxygen atoms in total. The summed E-state index contributed by atoms with van der Waals surface area (Å²) in [7, 11) is 0. The molecule has 1 N–H and O–H groups in total. The number of halogens is 2. The number of thiophene rings is 1. The molecular formula is C13H19Br2NS. The smallest absolute Gasteiger partial charge is 0.0843 e. The molecule has 1 aromatic rings. The largest absolute Gasteiger partial charge is 0.309 e. The van der Waals surface area contributed by atoms with Crippen molar-refractivity contribution in [3.8, 4) is 0 Å². The molecule has 0 radical (unpaired) electrons. The van der Waals surface area contributed by atoms with Crippen LogP contribution in [-0.2, 0) is 6.54 Å². The van der Waals surface area contributed by atoms with Crippen molar-refractivity contribution in [1.82, 2.24) is 5.32 Å². The second kappa shape index (κ2) is 6.69. The van der Waals surface area contributed by atoms with Crippen LogP contribution in [0.15, 0.2) is 14.3 Å². The van der Waals surface area contributed by atoms with E-state index in [2.05, 4.69) is 50.2 Å². The molecule has 1 fully saturated rings. The molecule has 2 rings (SSSR count). The first-order valence-electron chi connectivity index (χ1n) is 6.34. The van der Waals surface area contributed by atoms with E-state index in [4.69, 9.17) is 0 Å². The fourth-order valence-electron chi connectivity index (χ4n) is 2.54. The Balaban J connectivity index is 1.80. The lowest BCUT2D eigenvalue weighted by molar-refractivity contribution is 0.281. The lowest BCUT2D eigenvalue weighted by Crippen LogP contribution is -2.33. The van der Waals surface area contributed by atoms with Crippen molar-refractivity contribution in [3.63, 3.8) is 0 Å². The topological polar surface area (TPSA) is 12.0 Å². The molecule has 4 heteroatoms. The number of nitrogens with one attached hydrogen (secondary N) is 1. The predicted molar refractivity (Wildman–Crippen MR) is 82.6 cm³/mol. The van der Waals surface area contributed by atoms with Crippen molar-refractivity contribution in [3.05, 3.63) is 19.2 Å². The van der Waals surface area contributed by atoms with Crippen LogP contribution in [0.3, 0.4) is 0 Å². The van der Waals surface area contributed by atoms with Crippen LogP contribution in [0, 0.1) is 5.92 Å². The van der Waals surface area contributed by atoms with Crippen LogP contribution in [0.4, 0.5) is 0 Å². The third-order valence-electron chi connectivity index (χ3n) is 3.65. The third kappa shape index (κ3) is 4.05. The molecule has 1 aliphatic rings. The first-order valence-corrected chi connectivity index (χ1v) is 8.74. The van der Waals surface area contributed by atoms with Crippen molar-refractivity contribution in [2.75, 3.05) is 0 Å². The Bertz CT molecular complexity index is 339. The summed E-state index contributed by atoms with van der Waals surface area (Å²) in [5, 5.41) is 3.68. The lowest BCUT2D eigenvalue weighted by Gasteiger charge is -2.28. The van der Waals surface area contributed by atoms with Gasteiger partial charge in [0.05, 0.1) is 3.79 Å². The molecule has 1 aliphatic carbocycles. The van der Waals surface area contributed by atoms with Crippen LogP contribution < -0.4 is 5.32 Å². The van der Waals surface area contributed by atoms with Gasteiger partial charge in [0, 0.05) is 21.9 Å². The molecule has 17 heavy (non-hydrogen) atoms. The summed E-state index contributed by atoms with van der Waals surface area (Å²) in [4.78, 5) is 1.39. The molecule has 1 saturated carbocycles. The zero-order valence-corrected chi connectivity index (χ0v) is 14.1. The minimum Gasteiger partial charge on any atom is -0.309 e. The van der Waals surface area contributed by atoms with Crippen molar-refractivity contribution in [2.24, 2.45) is 5.92 Å². The maximum absolute atomic E-state index is 3.68. The second-order valence-corrected chi connectivity index (χ2v) is 8.21. The molecule has 1 atom stereocenters. The van der Waals surface area contributed by atoms with Gasteiger partial charge in [0.15, 0.2) is 0 Å². The van der Waals surface area contributed by atoms with Gasteiger partial charge in [0.1, 0.15) is 0 Å². The monoisotopic (exact) mass is 379 g/mol. The second-order valence-electron chi connectivity index (χ2n) is 4.90. The van der Waals surface area contributed by atoms with E-state index in [9.17, 15) is 0 Å². The summed E-state index contributed by atoms with van der Waals surface area (Å²) >= 11 is 8.89. The maximum Gasteiger partial charge on any atom is 0.0843 e. The van der Waals surface area contributed by atoms with Crippen LogP contribution >= 0.6 is 43.2 Å². The van der Waals surface area contributed by atoms with Crippen LogP contribution in [0.2, 0.25) is 0 Å². The van der Waals surface area contributed by atoms with E-state index >= 15 is 0 Å². The highest BCUT2D eigenvalue weighted by Crippen LogP contribution is 2.32. The first kappa shape index (κ1) is 14.0. The van der Waals surface area contributed by atoms with Gasteiger partial charge in [-0.05, 0) is 63.6 Å². The van der Waals surface area contributed by atoms with Gasteiger partial charge in [-0.25, -0.2) is 0 Å². The highest BCUT2D eigenvalue weighted by molar-refractivity contribution is 9.13. The van der Waals surface area contributed by atoms with Crippen LogP contribution in [0.5, 0.6) is 0 Å². The fourth-order valence-corrected chi connectivity index (χ4v) is 4.67. The molecular weight excluding hydrogens is 362 g/mol. The highest BCUT2D eigenvalue weighted by Gasteiger charge is 2.19. The quantitative estimate of drug-likeness (QED) is 0.743. The van der Waals surface area contributed by atoms with Gasteiger partial charge < -0.3 is 5.32 Å². The predicted octanol–water partition coefficient (Wildman–Crippen LogP) is 5.33. The minimum atomic E-state index is 0.648. The number of hydrogen-bond donors (Lipinski definition) is 1. The summed E-state index contributed by atoms with van der Waals surface area (Å²) in [6.07, 6.45) is 7.10. The van der Waals surface area contributed by atoms with E-state index in [1.54, 1.807) is 0 Å². The van der Waals surface area contributed by atoms with Crippen LogP contribution in [-0.4, -0.2) is 6.04 Å². The standard InChI is InChI=1S/C13H19Br2NS/c1-9(10-5-3-2-4-6-10)16-8-11-7-12(14)13(15)17-11/h7,9-10,16H,2-6,8H2,1H3/t9-/m1/s1. The van der Waals surface area contributed by atoms with Crippen molar-refractivity contribution in [2.45, 2.75) is 51.6 Å². The van der Waals surface area contributed by atoms with E-state index in [0.717, 1.165) is 12.5 Å².